The van der Waals surface area contributed by atoms with E-state index in [1.54, 1.807) is 11.8 Å². The molecule has 3 rings (SSSR count). The fourth-order valence-corrected chi connectivity index (χ4v) is 3.77. The Morgan fingerprint density at radius 1 is 1.00 bits per heavy atom. The number of para-hydroxylation sites is 1. The monoisotopic (exact) mass is 408 g/mol. The number of nitrogens with zero attached hydrogens (tertiary/aromatic N) is 2. The predicted octanol–water partition coefficient (Wildman–Crippen LogP) is 4.10. The first-order valence-corrected chi connectivity index (χ1v) is 10.8. The predicted molar refractivity (Wildman–Crippen MR) is 123 cm³/mol. The second kappa shape index (κ2) is 10.7. The number of carbonyl (C=O) groups is 2. The van der Waals surface area contributed by atoms with Gasteiger partial charge in [0.05, 0.1) is 6.54 Å². The lowest BCUT2D eigenvalue weighted by molar-refractivity contribution is -0.129. The van der Waals surface area contributed by atoms with Gasteiger partial charge >= 0.3 is 0 Å². The Bertz CT molecular complexity index is 845. The maximum absolute atomic E-state index is 12.4. The molecule has 2 amide bonds. The molecule has 0 radical (unpaired) electrons. The van der Waals surface area contributed by atoms with Crippen molar-refractivity contribution in [2.24, 2.45) is 0 Å². The van der Waals surface area contributed by atoms with Crippen molar-refractivity contribution in [1.82, 2.24) is 4.90 Å². The summed E-state index contributed by atoms with van der Waals surface area (Å²) in [6.45, 7) is 7.08. The van der Waals surface area contributed by atoms with E-state index in [2.05, 4.69) is 27.7 Å². The summed E-state index contributed by atoms with van der Waals surface area (Å²) in [6.07, 6.45) is 3.80. The number of benzene rings is 2. The Hall–Kier alpha value is -3.02. The second-order valence-corrected chi connectivity index (χ2v) is 7.69. The Balaban J connectivity index is 1.54. The highest BCUT2D eigenvalue weighted by Gasteiger charge is 2.12. The SMILES string of the molecule is CCN(Cc1ccccc1NCC(=O)Nc1ccc(N2CCCCC2)cc1)C(C)=O. The second-order valence-electron chi connectivity index (χ2n) is 7.69. The summed E-state index contributed by atoms with van der Waals surface area (Å²) in [5, 5.41) is 6.15. The first-order valence-electron chi connectivity index (χ1n) is 10.8. The Morgan fingerprint density at radius 3 is 2.37 bits per heavy atom. The van der Waals surface area contributed by atoms with E-state index < -0.39 is 0 Å². The van der Waals surface area contributed by atoms with Crippen molar-refractivity contribution < 1.29 is 9.59 Å². The van der Waals surface area contributed by atoms with Crippen LogP contribution in [0.25, 0.3) is 0 Å². The third-order valence-corrected chi connectivity index (χ3v) is 5.52. The number of hydrogen-bond donors (Lipinski definition) is 2. The lowest BCUT2D eigenvalue weighted by atomic mass is 10.1. The minimum atomic E-state index is -0.102. The molecule has 6 heteroatoms. The van der Waals surface area contributed by atoms with Gasteiger partial charge in [-0.2, -0.15) is 0 Å². The zero-order chi connectivity index (χ0) is 21.3. The number of amides is 2. The van der Waals surface area contributed by atoms with E-state index in [-0.39, 0.29) is 18.4 Å². The Morgan fingerprint density at radius 2 is 1.70 bits per heavy atom. The maximum Gasteiger partial charge on any atom is 0.243 e. The summed E-state index contributed by atoms with van der Waals surface area (Å²) in [5.41, 5.74) is 3.87. The zero-order valence-corrected chi connectivity index (χ0v) is 18.0. The summed E-state index contributed by atoms with van der Waals surface area (Å²) in [6, 6.07) is 15.8. The molecule has 2 aromatic rings. The Kier molecular flexibility index (Phi) is 7.71. The summed E-state index contributed by atoms with van der Waals surface area (Å²) >= 11 is 0. The van der Waals surface area contributed by atoms with Crippen LogP contribution in [0.3, 0.4) is 0 Å². The van der Waals surface area contributed by atoms with Crippen LogP contribution in [0, 0.1) is 0 Å². The van der Waals surface area contributed by atoms with Crippen LogP contribution in [0.1, 0.15) is 38.7 Å². The van der Waals surface area contributed by atoms with Crippen LogP contribution < -0.4 is 15.5 Å². The van der Waals surface area contributed by atoms with Gasteiger partial charge in [-0.25, -0.2) is 0 Å². The van der Waals surface area contributed by atoms with Gasteiger partial charge < -0.3 is 20.4 Å². The third-order valence-electron chi connectivity index (χ3n) is 5.52. The van der Waals surface area contributed by atoms with Crippen LogP contribution >= 0.6 is 0 Å². The van der Waals surface area contributed by atoms with Crippen LogP contribution in [0.5, 0.6) is 0 Å². The zero-order valence-electron chi connectivity index (χ0n) is 18.0. The average molecular weight is 409 g/mol. The van der Waals surface area contributed by atoms with Gasteiger partial charge in [0.1, 0.15) is 0 Å². The topological polar surface area (TPSA) is 64.7 Å². The van der Waals surface area contributed by atoms with E-state index in [4.69, 9.17) is 0 Å². The van der Waals surface area contributed by atoms with E-state index in [1.807, 2.05) is 43.3 Å². The van der Waals surface area contributed by atoms with Gasteiger partial charge in [-0.3, -0.25) is 9.59 Å². The van der Waals surface area contributed by atoms with Gasteiger partial charge in [0.2, 0.25) is 11.8 Å². The summed E-state index contributed by atoms with van der Waals surface area (Å²) in [5.74, 6) is -0.0625. The lowest BCUT2D eigenvalue weighted by Crippen LogP contribution is -2.29. The molecule has 1 heterocycles. The summed E-state index contributed by atoms with van der Waals surface area (Å²) in [4.78, 5) is 28.3. The molecule has 0 spiro atoms. The number of hydrogen-bond acceptors (Lipinski definition) is 4. The first-order chi connectivity index (χ1) is 14.6. The molecular weight excluding hydrogens is 376 g/mol. The standard InChI is InChI=1S/C24H32N4O2/c1-3-27(19(2)29)18-20-9-5-6-10-23(20)25-17-24(30)26-21-11-13-22(14-12-21)28-15-7-4-8-16-28/h5-6,9-14,25H,3-4,7-8,15-18H2,1-2H3,(H,26,30). The highest BCUT2D eigenvalue weighted by Crippen LogP contribution is 2.22. The van der Waals surface area contributed by atoms with Crippen LogP contribution in [0.2, 0.25) is 0 Å². The van der Waals surface area contributed by atoms with Crippen molar-refractivity contribution in [3.63, 3.8) is 0 Å². The number of anilines is 3. The molecule has 1 aliphatic rings. The largest absolute Gasteiger partial charge is 0.376 e. The van der Waals surface area contributed by atoms with Crippen molar-refractivity contribution in [3.05, 3.63) is 54.1 Å². The van der Waals surface area contributed by atoms with Gasteiger partial charge in [0.15, 0.2) is 0 Å². The molecule has 160 valence electrons. The van der Waals surface area contributed by atoms with Crippen LogP contribution in [-0.4, -0.2) is 42.9 Å². The fourth-order valence-electron chi connectivity index (χ4n) is 3.77. The molecule has 1 saturated heterocycles. The van der Waals surface area contributed by atoms with E-state index in [0.29, 0.717) is 13.1 Å². The number of rotatable bonds is 8. The first kappa shape index (κ1) is 21.7. The van der Waals surface area contributed by atoms with Crippen LogP contribution in [0.4, 0.5) is 17.1 Å². The van der Waals surface area contributed by atoms with Gasteiger partial charge in [0.25, 0.3) is 0 Å². The molecule has 2 N–H and O–H groups in total. The lowest BCUT2D eigenvalue weighted by Gasteiger charge is -2.28. The highest BCUT2D eigenvalue weighted by atomic mass is 16.2. The van der Waals surface area contributed by atoms with Gasteiger partial charge in [0, 0.05) is 50.2 Å². The van der Waals surface area contributed by atoms with Gasteiger partial charge in [-0.15, -0.1) is 0 Å². The van der Waals surface area contributed by atoms with Gasteiger partial charge in [-0.05, 0) is 62.1 Å². The van der Waals surface area contributed by atoms with Crippen molar-refractivity contribution in [3.8, 4) is 0 Å². The van der Waals surface area contributed by atoms with Crippen molar-refractivity contribution in [2.45, 2.75) is 39.7 Å². The molecule has 2 aromatic carbocycles. The minimum Gasteiger partial charge on any atom is -0.376 e. The van der Waals surface area contributed by atoms with Gasteiger partial charge in [-0.1, -0.05) is 18.2 Å². The van der Waals surface area contributed by atoms with E-state index in [1.165, 1.54) is 24.9 Å². The molecule has 0 aromatic heterocycles. The summed E-state index contributed by atoms with van der Waals surface area (Å²) < 4.78 is 0. The Labute approximate surface area is 179 Å². The molecule has 6 nitrogen and oxygen atoms in total. The molecule has 0 unspecified atom stereocenters. The summed E-state index contributed by atoms with van der Waals surface area (Å²) in [7, 11) is 0. The number of carbonyl (C=O) groups excluding carboxylic acids is 2. The molecular formula is C24H32N4O2. The average Bonchev–Trinajstić information content (AvgIpc) is 2.77. The van der Waals surface area contributed by atoms with E-state index >= 15 is 0 Å². The minimum absolute atomic E-state index is 0.0399. The molecule has 0 saturated carbocycles. The smallest absolute Gasteiger partial charge is 0.243 e. The third kappa shape index (κ3) is 5.99. The quantitative estimate of drug-likeness (QED) is 0.690. The normalized spacial score (nSPS) is 13.6. The van der Waals surface area contributed by atoms with Crippen molar-refractivity contribution in [1.29, 1.82) is 0 Å². The molecule has 1 aliphatic heterocycles. The van der Waals surface area contributed by atoms with E-state index in [9.17, 15) is 9.59 Å². The highest BCUT2D eigenvalue weighted by molar-refractivity contribution is 5.94. The number of piperidine rings is 1. The van der Waals surface area contributed by atoms with Crippen molar-refractivity contribution in [2.75, 3.05) is 41.7 Å². The maximum atomic E-state index is 12.4. The fraction of sp³-hybridized carbons (Fsp3) is 0.417. The van der Waals surface area contributed by atoms with Crippen LogP contribution in [-0.2, 0) is 16.1 Å². The molecule has 0 atom stereocenters. The number of nitrogens with one attached hydrogen (secondary N) is 2. The van der Waals surface area contributed by atoms with Crippen LogP contribution in [0.15, 0.2) is 48.5 Å². The molecule has 0 bridgehead atoms. The molecule has 30 heavy (non-hydrogen) atoms. The molecule has 1 fully saturated rings. The van der Waals surface area contributed by atoms with Crippen molar-refractivity contribution >= 4 is 28.9 Å². The molecule has 0 aliphatic carbocycles. The van der Waals surface area contributed by atoms with E-state index in [0.717, 1.165) is 30.0 Å².